The zero-order valence-electron chi connectivity index (χ0n) is 16.9. The first kappa shape index (κ1) is 25.4. The highest BCUT2D eigenvalue weighted by Crippen LogP contribution is 2.11. The van der Waals surface area contributed by atoms with Crippen molar-refractivity contribution < 1.29 is 24.6 Å². The van der Waals surface area contributed by atoms with Gasteiger partial charge in [-0.15, -0.1) is 0 Å². The molecule has 0 radical (unpaired) electrons. The summed E-state index contributed by atoms with van der Waals surface area (Å²) in [6.45, 7) is 2.01. The minimum absolute atomic E-state index is 0.0588. The Hall–Kier alpha value is -1.63. The van der Waals surface area contributed by atoms with Crippen molar-refractivity contribution in [1.82, 2.24) is 10.2 Å². The molecule has 27 heavy (non-hydrogen) atoms. The smallest absolute Gasteiger partial charge is 0.317 e. The molecule has 0 aliphatic carbocycles. The molecule has 0 aromatic heterocycles. The fraction of sp³-hybridized carbons (Fsp3) is 0.850. The van der Waals surface area contributed by atoms with Crippen LogP contribution >= 0.6 is 0 Å². The van der Waals surface area contributed by atoms with Gasteiger partial charge in [-0.3, -0.25) is 19.3 Å². The number of unbranched alkanes of at least 4 members (excludes halogenated alkanes) is 10. The highest BCUT2D eigenvalue weighted by atomic mass is 16.4. The molecule has 0 rings (SSSR count). The number of carbonyl (C=O) groups excluding carboxylic acids is 1. The van der Waals surface area contributed by atoms with Crippen molar-refractivity contribution in [3.05, 3.63) is 0 Å². The van der Waals surface area contributed by atoms with Crippen LogP contribution in [0.2, 0.25) is 0 Å². The first-order chi connectivity index (χ1) is 13.0. The van der Waals surface area contributed by atoms with Gasteiger partial charge in [0.25, 0.3) is 0 Å². The van der Waals surface area contributed by atoms with E-state index in [1.165, 1.54) is 56.3 Å². The van der Waals surface area contributed by atoms with Gasteiger partial charge in [0.05, 0.1) is 13.1 Å². The molecule has 7 nitrogen and oxygen atoms in total. The molecular formula is C20H38N2O5. The first-order valence-electron chi connectivity index (χ1n) is 10.4. The molecule has 0 spiro atoms. The van der Waals surface area contributed by atoms with Crippen molar-refractivity contribution in [2.45, 2.75) is 84.0 Å². The molecule has 0 aromatic rings. The molecule has 0 saturated carbocycles. The summed E-state index contributed by atoms with van der Waals surface area (Å²) in [5, 5.41) is 20.2. The number of hydrogen-bond donors (Lipinski definition) is 3. The van der Waals surface area contributed by atoms with Gasteiger partial charge in [-0.1, -0.05) is 71.1 Å². The second kappa shape index (κ2) is 17.8. The number of rotatable bonds is 19. The molecule has 7 heteroatoms. The number of carboxylic acid groups (broad SMARTS) is 2. The van der Waals surface area contributed by atoms with Crippen LogP contribution in [0.4, 0.5) is 0 Å². The summed E-state index contributed by atoms with van der Waals surface area (Å²) in [7, 11) is 0. The summed E-state index contributed by atoms with van der Waals surface area (Å²) < 4.78 is 0. The van der Waals surface area contributed by atoms with Crippen molar-refractivity contribution >= 4 is 17.8 Å². The van der Waals surface area contributed by atoms with E-state index in [2.05, 4.69) is 12.2 Å². The van der Waals surface area contributed by atoms with Crippen LogP contribution in [0.15, 0.2) is 0 Å². The van der Waals surface area contributed by atoms with Crippen molar-refractivity contribution in [1.29, 1.82) is 0 Å². The second-order valence-electron chi connectivity index (χ2n) is 7.13. The van der Waals surface area contributed by atoms with E-state index in [-0.39, 0.29) is 32.1 Å². The zero-order chi connectivity index (χ0) is 20.3. The Bertz CT molecular complexity index is 399. The molecule has 0 aliphatic rings. The lowest BCUT2D eigenvalue weighted by Gasteiger charge is -2.17. The standard InChI is InChI=1S/C20H38N2O5/c1-2-3-4-5-6-7-8-9-10-11-12-13-18(23)21-14-15-22(16-19(24)25)17-20(26)27/h2-17H2,1H3,(H,21,23)(H,24,25)(H,26,27). The number of nitrogens with one attached hydrogen (secondary N) is 1. The van der Waals surface area contributed by atoms with Gasteiger partial charge in [0, 0.05) is 19.5 Å². The molecule has 0 bridgehead atoms. The van der Waals surface area contributed by atoms with Crippen LogP contribution < -0.4 is 5.32 Å². The zero-order valence-corrected chi connectivity index (χ0v) is 16.9. The fourth-order valence-electron chi connectivity index (χ4n) is 2.99. The lowest BCUT2D eigenvalue weighted by Crippen LogP contribution is -2.40. The van der Waals surface area contributed by atoms with E-state index < -0.39 is 11.9 Å². The summed E-state index contributed by atoms with van der Waals surface area (Å²) in [4.78, 5) is 34.4. The van der Waals surface area contributed by atoms with E-state index in [4.69, 9.17) is 10.2 Å². The molecule has 0 atom stereocenters. The van der Waals surface area contributed by atoms with Crippen LogP contribution in [0.1, 0.15) is 84.0 Å². The molecule has 1 amide bonds. The number of carboxylic acids is 2. The maximum absolute atomic E-state index is 11.8. The minimum Gasteiger partial charge on any atom is -0.480 e. The number of aliphatic carboxylic acids is 2. The maximum atomic E-state index is 11.8. The van der Waals surface area contributed by atoms with E-state index in [0.29, 0.717) is 6.42 Å². The van der Waals surface area contributed by atoms with Crippen molar-refractivity contribution in [2.24, 2.45) is 0 Å². The quantitative estimate of drug-likeness (QED) is 0.294. The monoisotopic (exact) mass is 386 g/mol. The molecule has 0 fully saturated rings. The Balaban J connectivity index is 3.55. The van der Waals surface area contributed by atoms with Crippen LogP contribution in [0.25, 0.3) is 0 Å². The van der Waals surface area contributed by atoms with Crippen LogP contribution in [0.3, 0.4) is 0 Å². The van der Waals surface area contributed by atoms with E-state index in [1.807, 2.05) is 0 Å². The Labute approximate surface area is 163 Å². The molecule has 158 valence electrons. The number of amides is 1. The van der Waals surface area contributed by atoms with Gasteiger partial charge in [0.1, 0.15) is 0 Å². The number of carbonyl (C=O) groups is 3. The third-order valence-electron chi connectivity index (χ3n) is 4.48. The summed E-state index contributed by atoms with van der Waals surface area (Å²) >= 11 is 0. The predicted molar refractivity (Wildman–Crippen MR) is 106 cm³/mol. The summed E-state index contributed by atoms with van der Waals surface area (Å²) in [6, 6.07) is 0. The molecule has 0 unspecified atom stereocenters. The van der Waals surface area contributed by atoms with Crippen LogP contribution in [0, 0.1) is 0 Å². The lowest BCUT2D eigenvalue weighted by atomic mass is 10.1. The van der Waals surface area contributed by atoms with Crippen molar-refractivity contribution in [3.63, 3.8) is 0 Å². The fourth-order valence-corrected chi connectivity index (χ4v) is 2.99. The van der Waals surface area contributed by atoms with Gasteiger partial charge < -0.3 is 15.5 Å². The number of hydrogen-bond acceptors (Lipinski definition) is 4. The molecular weight excluding hydrogens is 348 g/mol. The van der Waals surface area contributed by atoms with Gasteiger partial charge in [0.15, 0.2) is 0 Å². The highest BCUT2D eigenvalue weighted by Gasteiger charge is 2.13. The minimum atomic E-state index is -1.08. The predicted octanol–water partition coefficient (Wildman–Crippen LogP) is 3.27. The summed E-state index contributed by atoms with van der Waals surface area (Å²) in [5.74, 6) is -2.22. The maximum Gasteiger partial charge on any atom is 0.317 e. The summed E-state index contributed by atoms with van der Waals surface area (Å²) in [6.07, 6.45) is 14.0. The van der Waals surface area contributed by atoms with Crippen LogP contribution in [0.5, 0.6) is 0 Å². The van der Waals surface area contributed by atoms with Crippen molar-refractivity contribution in [2.75, 3.05) is 26.2 Å². The van der Waals surface area contributed by atoms with Gasteiger partial charge >= 0.3 is 11.9 Å². The summed E-state index contributed by atoms with van der Waals surface area (Å²) in [5.41, 5.74) is 0. The molecule has 0 heterocycles. The van der Waals surface area contributed by atoms with Gasteiger partial charge in [0.2, 0.25) is 5.91 Å². The molecule has 0 saturated heterocycles. The van der Waals surface area contributed by atoms with E-state index in [1.54, 1.807) is 0 Å². The largest absolute Gasteiger partial charge is 0.480 e. The molecule has 0 aromatic carbocycles. The van der Waals surface area contributed by atoms with Gasteiger partial charge in [-0.25, -0.2) is 0 Å². The van der Waals surface area contributed by atoms with E-state index >= 15 is 0 Å². The Morgan fingerprint density at radius 1 is 0.741 bits per heavy atom. The Morgan fingerprint density at radius 2 is 1.19 bits per heavy atom. The molecule has 0 aliphatic heterocycles. The normalized spacial score (nSPS) is 10.9. The average molecular weight is 387 g/mol. The van der Waals surface area contributed by atoms with Gasteiger partial charge in [-0.2, -0.15) is 0 Å². The topological polar surface area (TPSA) is 107 Å². The van der Waals surface area contributed by atoms with E-state index in [0.717, 1.165) is 19.3 Å². The second-order valence-corrected chi connectivity index (χ2v) is 7.13. The highest BCUT2D eigenvalue weighted by molar-refractivity contribution is 5.76. The lowest BCUT2D eigenvalue weighted by molar-refractivity contribution is -0.141. The van der Waals surface area contributed by atoms with Crippen molar-refractivity contribution in [3.8, 4) is 0 Å². The third kappa shape index (κ3) is 18.9. The Kier molecular flexibility index (Phi) is 16.7. The average Bonchev–Trinajstić information content (AvgIpc) is 2.58. The van der Waals surface area contributed by atoms with Crippen LogP contribution in [-0.2, 0) is 14.4 Å². The van der Waals surface area contributed by atoms with Gasteiger partial charge in [-0.05, 0) is 6.42 Å². The molecule has 3 N–H and O–H groups in total. The van der Waals surface area contributed by atoms with E-state index in [9.17, 15) is 14.4 Å². The SMILES string of the molecule is CCCCCCCCCCCCCC(=O)NCCN(CC(=O)O)CC(=O)O. The Morgan fingerprint density at radius 3 is 1.63 bits per heavy atom. The van der Waals surface area contributed by atoms with Crippen LogP contribution in [-0.4, -0.2) is 59.1 Å². The third-order valence-corrected chi connectivity index (χ3v) is 4.48. The first-order valence-corrected chi connectivity index (χ1v) is 10.4. The number of nitrogens with zero attached hydrogens (tertiary/aromatic N) is 1.